The Kier molecular flexibility index (Phi) is 6.07. The second-order valence-electron chi connectivity index (χ2n) is 4.03. The van der Waals surface area contributed by atoms with Crippen molar-refractivity contribution in [1.29, 1.82) is 0 Å². The summed E-state index contributed by atoms with van der Waals surface area (Å²) in [4.78, 5) is 1.92. The minimum absolute atomic E-state index is 0. The summed E-state index contributed by atoms with van der Waals surface area (Å²) in [5.41, 5.74) is 0.594. The first-order valence-electron chi connectivity index (χ1n) is 5.47. The first-order valence-corrected chi connectivity index (χ1v) is 7.28. The fraction of sp³-hybridized carbons (Fsp3) is 0.455. The molecule has 0 bridgehead atoms. The first-order chi connectivity index (χ1) is 8.44. The van der Waals surface area contributed by atoms with Crippen LogP contribution >= 0.6 is 0 Å². The van der Waals surface area contributed by atoms with Gasteiger partial charge >= 0.3 is 10.1 Å². The zero-order chi connectivity index (χ0) is 13.2. The summed E-state index contributed by atoms with van der Waals surface area (Å²) < 4.78 is 45.4. The van der Waals surface area contributed by atoms with Crippen LogP contribution in [0, 0.1) is 5.82 Å². The third-order valence-corrected chi connectivity index (χ3v) is 2.98. The molecule has 0 spiro atoms. The standard InChI is InChI=1S/C11H14FNO4S.Na/c1-18(14,15)17-11-7-9(12)6-10(8-11)13-2-4-16-5-3-13;/h6-8H,2-5H2,1H3;. The number of halogens is 1. The maximum absolute atomic E-state index is 13.4. The average Bonchev–Trinajstić information content (AvgIpc) is 2.27. The molecule has 0 aromatic heterocycles. The van der Waals surface area contributed by atoms with Crippen molar-refractivity contribution in [2.24, 2.45) is 0 Å². The Morgan fingerprint density at radius 2 is 1.89 bits per heavy atom. The monoisotopic (exact) mass is 298 g/mol. The molecule has 8 heteroatoms. The number of morpholine rings is 1. The van der Waals surface area contributed by atoms with Crippen LogP contribution in [0.25, 0.3) is 0 Å². The minimum Gasteiger partial charge on any atom is -0.382 e. The number of hydrogen-bond donors (Lipinski definition) is 0. The van der Waals surface area contributed by atoms with Crippen LogP contribution in [0.5, 0.6) is 5.75 Å². The molecule has 1 aliphatic rings. The molecule has 101 valence electrons. The summed E-state index contributed by atoms with van der Waals surface area (Å²) in [7, 11) is -3.65. The van der Waals surface area contributed by atoms with Crippen molar-refractivity contribution >= 4 is 45.4 Å². The van der Waals surface area contributed by atoms with Gasteiger partial charge in [-0.25, -0.2) is 4.39 Å². The van der Waals surface area contributed by atoms with Gasteiger partial charge in [0.2, 0.25) is 0 Å². The third kappa shape index (κ3) is 5.27. The van der Waals surface area contributed by atoms with Gasteiger partial charge in [-0.05, 0) is 6.07 Å². The SMILES string of the molecule is CS(=O)(=O)Oc1cc(F)cc(N2CCOCC2)c1.[Na]. The van der Waals surface area contributed by atoms with E-state index in [0.717, 1.165) is 12.3 Å². The van der Waals surface area contributed by atoms with Crippen molar-refractivity contribution in [2.75, 3.05) is 37.5 Å². The Labute approximate surface area is 134 Å². The normalized spacial score (nSPS) is 15.8. The number of nitrogens with zero attached hydrogens (tertiary/aromatic N) is 1. The number of benzene rings is 1. The second kappa shape index (κ2) is 6.90. The van der Waals surface area contributed by atoms with E-state index < -0.39 is 15.9 Å². The molecule has 1 aromatic rings. The van der Waals surface area contributed by atoms with Gasteiger partial charge in [-0.2, -0.15) is 8.42 Å². The second-order valence-corrected chi connectivity index (χ2v) is 5.61. The number of anilines is 1. The first kappa shape index (κ1) is 16.7. The van der Waals surface area contributed by atoms with Crippen molar-refractivity contribution in [3.63, 3.8) is 0 Å². The molecule has 0 atom stereocenters. The van der Waals surface area contributed by atoms with E-state index in [1.54, 1.807) is 0 Å². The maximum atomic E-state index is 13.4. The van der Waals surface area contributed by atoms with E-state index in [4.69, 9.17) is 4.74 Å². The van der Waals surface area contributed by atoms with Crippen molar-refractivity contribution in [3.8, 4) is 5.75 Å². The molecule has 1 aliphatic heterocycles. The average molecular weight is 298 g/mol. The zero-order valence-electron chi connectivity index (χ0n) is 10.9. The van der Waals surface area contributed by atoms with E-state index in [1.807, 2.05) is 4.90 Å². The zero-order valence-corrected chi connectivity index (χ0v) is 13.7. The fourth-order valence-corrected chi connectivity index (χ4v) is 2.22. The summed E-state index contributed by atoms with van der Waals surface area (Å²) in [5.74, 6) is -0.545. The molecule has 1 saturated heterocycles. The molecule has 1 heterocycles. The van der Waals surface area contributed by atoms with Crippen LogP contribution < -0.4 is 9.08 Å². The smallest absolute Gasteiger partial charge is 0.306 e. The molecule has 1 aromatic carbocycles. The van der Waals surface area contributed by atoms with E-state index >= 15 is 0 Å². The van der Waals surface area contributed by atoms with Crippen LogP contribution in [0.2, 0.25) is 0 Å². The predicted molar refractivity (Wildman–Crippen MR) is 70.7 cm³/mol. The summed E-state index contributed by atoms with van der Waals surface area (Å²) in [6, 6.07) is 3.90. The quantitative estimate of drug-likeness (QED) is 0.605. The maximum Gasteiger partial charge on any atom is 0.306 e. The van der Waals surface area contributed by atoms with Crippen molar-refractivity contribution in [1.82, 2.24) is 0 Å². The summed E-state index contributed by atoms with van der Waals surface area (Å²) in [6.45, 7) is 2.42. The third-order valence-electron chi connectivity index (χ3n) is 2.48. The summed E-state index contributed by atoms with van der Waals surface area (Å²) in [6.07, 6.45) is 0.923. The van der Waals surface area contributed by atoms with Gasteiger partial charge in [-0.1, -0.05) is 0 Å². The largest absolute Gasteiger partial charge is 0.382 e. The van der Waals surface area contributed by atoms with E-state index in [2.05, 4.69) is 4.18 Å². The van der Waals surface area contributed by atoms with Gasteiger partial charge < -0.3 is 13.8 Å². The van der Waals surface area contributed by atoms with Gasteiger partial charge in [0.1, 0.15) is 11.6 Å². The van der Waals surface area contributed by atoms with Crippen LogP contribution in [0.3, 0.4) is 0 Å². The Balaban J connectivity index is 0.00000180. The molecule has 2 rings (SSSR count). The van der Waals surface area contributed by atoms with Crippen LogP contribution in [0.1, 0.15) is 0 Å². The van der Waals surface area contributed by atoms with Crippen molar-refractivity contribution in [3.05, 3.63) is 24.0 Å². The van der Waals surface area contributed by atoms with Gasteiger partial charge in [0.15, 0.2) is 0 Å². The van der Waals surface area contributed by atoms with Crippen LogP contribution in [-0.4, -0.2) is 70.5 Å². The summed E-state index contributed by atoms with van der Waals surface area (Å²) in [5, 5.41) is 0. The topological polar surface area (TPSA) is 55.8 Å². The molecule has 1 radical (unpaired) electrons. The van der Waals surface area contributed by atoms with Crippen LogP contribution in [0.4, 0.5) is 10.1 Å². The number of ether oxygens (including phenoxy) is 1. The van der Waals surface area contributed by atoms with Gasteiger partial charge in [0.25, 0.3) is 0 Å². The van der Waals surface area contributed by atoms with Crippen molar-refractivity contribution < 1.29 is 21.7 Å². The summed E-state index contributed by atoms with van der Waals surface area (Å²) >= 11 is 0. The van der Waals surface area contributed by atoms with Gasteiger partial charge in [0.05, 0.1) is 19.5 Å². The molecular formula is C11H14FNNaO4S. The van der Waals surface area contributed by atoms with Crippen molar-refractivity contribution in [2.45, 2.75) is 0 Å². The van der Waals surface area contributed by atoms with Crippen LogP contribution in [0.15, 0.2) is 18.2 Å². The molecule has 0 amide bonds. The Bertz CT molecular complexity index is 531. The Morgan fingerprint density at radius 3 is 2.47 bits per heavy atom. The van der Waals surface area contributed by atoms with Gasteiger partial charge in [0, 0.05) is 60.5 Å². The predicted octanol–water partition coefficient (Wildman–Crippen LogP) is 0.620. The molecule has 1 fully saturated rings. The van der Waals surface area contributed by atoms with E-state index in [1.165, 1.54) is 12.1 Å². The van der Waals surface area contributed by atoms with Gasteiger partial charge in [-0.15, -0.1) is 0 Å². The molecule has 0 aliphatic carbocycles. The number of rotatable bonds is 3. The molecule has 0 N–H and O–H groups in total. The molecule has 0 unspecified atom stereocenters. The molecule has 19 heavy (non-hydrogen) atoms. The molecular weight excluding hydrogens is 284 g/mol. The minimum atomic E-state index is -3.65. The fourth-order valence-electron chi connectivity index (χ4n) is 1.77. The molecule has 0 saturated carbocycles. The number of hydrogen-bond acceptors (Lipinski definition) is 5. The van der Waals surface area contributed by atoms with E-state index in [9.17, 15) is 12.8 Å². The van der Waals surface area contributed by atoms with E-state index in [0.29, 0.717) is 32.0 Å². The Morgan fingerprint density at radius 1 is 1.26 bits per heavy atom. The molecule has 5 nitrogen and oxygen atoms in total. The van der Waals surface area contributed by atoms with Crippen LogP contribution in [-0.2, 0) is 14.9 Å². The van der Waals surface area contributed by atoms with E-state index in [-0.39, 0.29) is 35.3 Å². The van der Waals surface area contributed by atoms with Gasteiger partial charge in [-0.3, -0.25) is 0 Å². The Hall–Kier alpha value is -0.340.